The van der Waals surface area contributed by atoms with Gasteiger partial charge in [0.1, 0.15) is 6.26 Å². The van der Waals surface area contributed by atoms with Gasteiger partial charge in [0.05, 0.1) is 5.69 Å². The van der Waals surface area contributed by atoms with Crippen LogP contribution in [0.15, 0.2) is 32.9 Å². The number of aryl methyl sites for hydroxylation is 2. The van der Waals surface area contributed by atoms with Crippen molar-refractivity contribution in [2.24, 2.45) is 0 Å². The van der Waals surface area contributed by atoms with Crippen molar-refractivity contribution in [3.8, 4) is 0 Å². The number of nitrogens with one attached hydrogen (secondary N) is 1. The van der Waals surface area contributed by atoms with E-state index >= 15 is 0 Å². The number of hydrogen-bond acceptors (Lipinski definition) is 5. The molecule has 2 aromatic rings. The number of fused-ring (bicyclic) bond motifs is 1. The zero-order chi connectivity index (χ0) is 13.4. The zero-order valence-electron chi connectivity index (χ0n) is 10.4. The predicted molar refractivity (Wildman–Crippen MR) is 73.2 cm³/mol. The number of nitrogens with two attached hydrogens (primary N) is 1. The van der Waals surface area contributed by atoms with Crippen LogP contribution in [-0.2, 0) is 11.2 Å². The maximum absolute atomic E-state index is 11.3. The fraction of sp³-hybridized carbons (Fsp3) is 0.231. The van der Waals surface area contributed by atoms with E-state index in [2.05, 4.69) is 10.3 Å². The normalized spacial score (nSPS) is 14.1. The molecule has 0 spiro atoms. The number of benzene rings is 1. The number of rotatable bonds is 2. The third-order valence-corrected chi connectivity index (χ3v) is 3.86. The van der Waals surface area contributed by atoms with Crippen LogP contribution in [0.2, 0.25) is 0 Å². The van der Waals surface area contributed by atoms with Gasteiger partial charge in [0.2, 0.25) is 5.91 Å². The Kier molecular flexibility index (Phi) is 2.94. The van der Waals surface area contributed by atoms with Gasteiger partial charge in [0.25, 0.3) is 5.22 Å². The van der Waals surface area contributed by atoms with Crippen molar-refractivity contribution in [2.75, 3.05) is 11.1 Å². The first-order valence-corrected chi connectivity index (χ1v) is 6.76. The van der Waals surface area contributed by atoms with Crippen molar-refractivity contribution in [3.63, 3.8) is 0 Å². The van der Waals surface area contributed by atoms with Gasteiger partial charge in [0, 0.05) is 22.7 Å². The molecule has 1 aromatic carbocycles. The molecule has 0 fully saturated rings. The maximum atomic E-state index is 11.3. The van der Waals surface area contributed by atoms with Gasteiger partial charge in [-0.3, -0.25) is 4.79 Å². The highest BCUT2D eigenvalue weighted by atomic mass is 32.2. The summed E-state index contributed by atoms with van der Waals surface area (Å²) in [6.07, 6.45) is 2.86. The summed E-state index contributed by atoms with van der Waals surface area (Å²) in [4.78, 5) is 16.5. The monoisotopic (exact) mass is 275 g/mol. The second-order valence-electron chi connectivity index (χ2n) is 4.45. The number of carbonyl (C=O) groups is 1. The second kappa shape index (κ2) is 4.62. The van der Waals surface area contributed by atoms with Crippen molar-refractivity contribution in [1.82, 2.24) is 4.98 Å². The Balaban J connectivity index is 1.92. The highest BCUT2D eigenvalue weighted by molar-refractivity contribution is 7.99. The number of carbonyl (C=O) groups excluding carboxylic acids is 1. The minimum Gasteiger partial charge on any atom is -0.439 e. The summed E-state index contributed by atoms with van der Waals surface area (Å²) < 4.78 is 5.31. The van der Waals surface area contributed by atoms with Crippen molar-refractivity contribution < 1.29 is 9.21 Å². The number of oxazole rings is 1. The Morgan fingerprint density at radius 2 is 2.26 bits per heavy atom. The summed E-state index contributed by atoms with van der Waals surface area (Å²) in [6, 6.07) is 3.79. The van der Waals surface area contributed by atoms with Crippen molar-refractivity contribution in [1.29, 1.82) is 0 Å². The van der Waals surface area contributed by atoms with Gasteiger partial charge < -0.3 is 15.5 Å². The van der Waals surface area contributed by atoms with Crippen LogP contribution < -0.4 is 11.1 Å². The zero-order valence-corrected chi connectivity index (χ0v) is 11.2. The Morgan fingerprint density at radius 3 is 3.00 bits per heavy atom. The van der Waals surface area contributed by atoms with Crippen LogP contribution in [0.25, 0.3) is 0 Å². The number of nitrogens with zero attached hydrogens (tertiary/aromatic N) is 1. The van der Waals surface area contributed by atoms with E-state index in [0.717, 1.165) is 28.3 Å². The molecule has 1 aliphatic rings. The van der Waals surface area contributed by atoms with Gasteiger partial charge in [-0.1, -0.05) is 0 Å². The Hall–Kier alpha value is -1.95. The van der Waals surface area contributed by atoms with Crippen LogP contribution in [0, 0.1) is 6.92 Å². The van der Waals surface area contributed by atoms with E-state index in [1.165, 1.54) is 11.8 Å². The quantitative estimate of drug-likeness (QED) is 0.823. The number of anilines is 2. The van der Waals surface area contributed by atoms with E-state index in [1.54, 1.807) is 12.3 Å². The summed E-state index contributed by atoms with van der Waals surface area (Å²) in [5.41, 5.74) is 9.36. The van der Waals surface area contributed by atoms with Gasteiger partial charge in [-0.2, -0.15) is 0 Å². The maximum Gasteiger partial charge on any atom is 0.260 e. The van der Waals surface area contributed by atoms with Gasteiger partial charge >= 0.3 is 0 Å². The minimum atomic E-state index is 0.0376. The molecule has 5 nitrogen and oxygen atoms in total. The van der Waals surface area contributed by atoms with Gasteiger partial charge in [0.15, 0.2) is 0 Å². The van der Waals surface area contributed by atoms with Crippen LogP contribution >= 0.6 is 11.8 Å². The molecule has 19 heavy (non-hydrogen) atoms. The Bertz CT molecular complexity index is 651. The van der Waals surface area contributed by atoms with Crippen LogP contribution in [0.3, 0.4) is 0 Å². The summed E-state index contributed by atoms with van der Waals surface area (Å²) >= 11 is 1.39. The van der Waals surface area contributed by atoms with E-state index in [0.29, 0.717) is 17.3 Å². The number of amides is 1. The molecule has 0 unspecified atom stereocenters. The van der Waals surface area contributed by atoms with E-state index < -0.39 is 0 Å². The van der Waals surface area contributed by atoms with Crippen molar-refractivity contribution in [3.05, 3.63) is 29.7 Å². The Labute approximate surface area is 114 Å². The predicted octanol–water partition coefficient (Wildman–Crippen LogP) is 2.60. The topological polar surface area (TPSA) is 81.1 Å². The third-order valence-electron chi connectivity index (χ3n) is 2.93. The molecule has 1 aliphatic heterocycles. The van der Waals surface area contributed by atoms with Gasteiger partial charge in [-0.15, -0.1) is 0 Å². The standard InChI is InChI=1S/C13H13N3O2S/c1-7-6-18-13(15-7)19-11-4-8-2-3-12(17)16-10(8)5-9(11)14/h4-6H,2-3,14H2,1H3,(H,16,17). The highest BCUT2D eigenvalue weighted by Crippen LogP contribution is 2.36. The highest BCUT2D eigenvalue weighted by Gasteiger charge is 2.17. The van der Waals surface area contributed by atoms with Gasteiger partial charge in [-0.25, -0.2) is 4.98 Å². The molecule has 98 valence electrons. The van der Waals surface area contributed by atoms with E-state index in [1.807, 2.05) is 13.0 Å². The first-order chi connectivity index (χ1) is 9.11. The molecule has 2 heterocycles. The molecular formula is C13H13N3O2S. The number of nitrogen functional groups attached to an aromatic ring is 1. The smallest absolute Gasteiger partial charge is 0.260 e. The second-order valence-corrected chi connectivity index (χ2v) is 5.45. The van der Waals surface area contributed by atoms with Crippen LogP contribution in [0.5, 0.6) is 0 Å². The lowest BCUT2D eigenvalue weighted by Crippen LogP contribution is -2.19. The first kappa shape index (κ1) is 12.1. The fourth-order valence-electron chi connectivity index (χ4n) is 1.98. The molecule has 0 bridgehead atoms. The van der Waals surface area contributed by atoms with Crippen LogP contribution in [-0.4, -0.2) is 10.9 Å². The van der Waals surface area contributed by atoms with E-state index in [9.17, 15) is 4.79 Å². The van der Waals surface area contributed by atoms with Crippen molar-refractivity contribution >= 4 is 29.0 Å². The first-order valence-electron chi connectivity index (χ1n) is 5.94. The summed E-state index contributed by atoms with van der Waals surface area (Å²) in [5.74, 6) is 0.0376. The summed E-state index contributed by atoms with van der Waals surface area (Å²) in [6.45, 7) is 1.87. The van der Waals surface area contributed by atoms with E-state index in [4.69, 9.17) is 10.2 Å². The Morgan fingerprint density at radius 1 is 1.42 bits per heavy atom. The molecule has 1 aromatic heterocycles. The third kappa shape index (κ3) is 2.44. The molecule has 0 radical (unpaired) electrons. The average Bonchev–Trinajstić information content (AvgIpc) is 2.76. The molecule has 0 atom stereocenters. The fourth-order valence-corrected chi connectivity index (χ4v) is 2.84. The molecule has 0 saturated heterocycles. The molecule has 0 saturated carbocycles. The van der Waals surface area contributed by atoms with Crippen LogP contribution in [0.1, 0.15) is 17.7 Å². The summed E-state index contributed by atoms with van der Waals surface area (Å²) in [5, 5.41) is 3.40. The average molecular weight is 275 g/mol. The molecule has 3 N–H and O–H groups in total. The molecule has 3 rings (SSSR count). The summed E-state index contributed by atoms with van der Waals surface area (Å²) in [7, 11) is 0. The van der Waals surface area contributed by atoms with Crippen LogP contribution in [0.4, 0.5) is 11.4 Å². The largest absolute Gasteiger partial charge is 0.439 e. The minimum absolute atomic E-state index is 0.0376. The molecular weight excluding hydrogens is 262 g/mol. The number of hydrogen-bond donors (Lipinski definition) is 2. The van der Waals surface area contributed by atoms with Gasteiger partial charge in [-0.05, 0) is 42.8 Å². The number of aromatic nitrogens is 1. The lowest BCUT2D eigenvalue weighted by atomic mass is 10.0. The molecule has 6 heteroatoms. The lowest BCUT2D eigenvalue weighted by Gasteiger charge is -2.18. The molecule has 0 aliphatic carbocycles. The SMILES string of the molecule is Cc1coc(Sc2cc3c(cc2N)NC(=O)CC3)n1. The lowest BCUT2D eigenvalue weighted by molar-refractivity contribution is -0.116. The molecule has 1 amide bonds. The van der Waals surface area contributed by atoms with Crippen molar-refractivity contribution in [2.45, 2.75) is 29.9 Å². The van der Waals surface area contributed by atoms with E-state index in [-0.39, 0.29) is 5.91 Å².